The summed E-state index contributed by atoms with van der Waals surface area (Å²) in [6, 6.07) is 0. The molecule has 0 saturated heterocycles. The fraction of sp³-hybridized carbons (Fsp3) is 0.500. The van der Waals surface area contributed by atoms with Crippen LogP contribution in [0.2, 0.25) is 0 Å². The van der Waals surface area contributed by atoms with E-state index in [0.29, 0.717) is 0 Å². The van der Waals surface area contributed by atoms with Crippen molar-refractivity contribution in [3.8, 4) is 0 Å². The molecule has 0 aliphatic heterocycles. The van der Waals surface area contributed by atoms with Gasteiger partial charge in [0.1, 0.15) is 0 Å². The highest BCUT2D eigenvalue weighted by atomic mass is 127. The summed E-state index contributed by atoms with van der Waals surface area (Å²) in [4.78, 5) is 0. The third kappa shape index (κ3) is 8.68. The summed E-state index contributed by atoms with van der Waals surface area (Å²) in [7, 11) is 0. The molecular formula is C10H15BrIN. The lowest BCUT2D eigenvalue weighted by Gasteiger charge is -2.09. The maximum absolute atomic E-state index is 7.08. The first-order valence-electron chi connectivity index (χ1n) is 4.23. The van der Waals surface area contributed by atoms with E-state index in [2.05, 4.69) is 58.4 Å². The second-order valence-electron chi connectivity index (χ2n) is 2.94. The quantitative estimate of drug-likeness (QED) is 0.326. The first-order chi connectivity index (χ1) is 5.99. The van der Waals surface area contributed by atoms with Crippen LogP contribution in [0.1, 0.15) is 26.7 Å². The van der Waals surface area contributed by atoms with Crippen molar-refractivity contribution >= 4 is 44.7 Å². The van der Waals surface area contributed by atoms with Gasteiger partial charge >= 0.3 is 0 Å². The van der Waals surface area contributed by atoms with Gasteiger partial charge in [-0.2, -0.15) is 0 Å². The largest absolute Gasteiger partial charge is 0.308 e. The number of hydrogen-bond donors (Lipinski definition) is 1. The molecule has 0 saturated carbocycles. The summed E-state index contributed by atoms with van der Waals surface area (Å²) >= 11 is 5.90. The molecule has 0 amide bonds. The van der Waals surface area contributed by atoms with Crippen molar-refractivity contribution in [2.75, 3.05) is 0 Å². The summed E-state index contributed by atoms with van der Waals surface area (Å²) in [5.41, 5.74) is 1.06. The van der Waals surface area contributed by atoms with Gasteiger partial charge in [-0.3, -0.25) is 0 Å². The molecule has 0 aliphatic carbocycles. The second kappa shape index (κ2) is 6.76. The normalized spacial score (nSPS) is 17.4. The molecule has 0 heterocycles. The molecule has 0 radical (unpaired) electrons. The summed E-state index contributed by atoms with van der Waals surface area (Å²) in [6.07, 6.45) is 9.43. The molecule has 0 spiro atoms. The minimum Gasteiger partial charge on any atom is -0.308 e. The van der Waals surface area contributed by atoms with Gasteiger partial charge in [-0.15, -0.1) is 0 Å². The Morgan fingerprint density at radius 3 is 2.62 bits per heavy atom. The van der Waals surface area contributed by atoms with Crippen molar-refractivity contribution in [3.05, 3.63) is 23.8 Å². The van der Waals surface area contributed by atoms with Gasteiger partial charge in [0, 0.05) is 6.21 Å². The van der Waals surface area contributed by atoms with Crippen LogP contribution in [0.5, 0.6) is 0 Å². The van der Waals surface area contributed by atoms with Gasteiger partial charge in [-0.1, -0.05) is 63.7 Å². The fourth-order valence-corrected chi connectivity index (χ4v) is 1.18. The first-order valence-corrected chi connectivity index (χ1v) is 6.10. The standard InChI is InChI=1S/C10H15BrIN/c1-3-9(8-13)6-4-5-7-10(2,11)12/h4-6,8,13H,3,7H2,1-2H3/b5-4-,9-6+,13-8?. The van der Waals surface area contributed by atoms with Crippen LogP contribution in [0.4, 0.5) is 0 Å². The van der Waals surface area contributed by atoms with Crippen LogP contribution < -0.4 is 0 Å². The maximum Gasteiger partial charge on any atom is 0.0776 e. The molecule has 0 fully saturated rings. The van der Waals surface area contributed by atoms with Crippen molar-refractivity contribution < 1.29 is 0 Å². The molecule has 1 atom stereocenters. The number of allylic oxidation sites excluding steroid dienone is 4. The summed E-state index contributed by atoms with van der Waals surface area (Å²) in [5, 5.41) is 7.08. The minimum absolute atomic E-state index is 0.145. The van der Waals surface area contributed by atoms with Crippen molar-refractivity contribution in [1.82, 2.24) is 0 Å². The van der Waals surface area contributed by atoms with Crippen LogP contribution in [0.15, 0.2) is 23.8 Å². The zero-order valence-corrected chi connectivity index (χ0v) is 11.7. The highest BCUT2D eigenvalue weighted by molar-refractivity contribution is 14.1. The third-order valence-electron chi connectivity index (χ3n) is 1.52. The van der Waals surface area contributed by atoms with Crippen LogP contribution in [-0.4, -0.2) is 8.55 Å². The molecule has 0 aromatic carbocycles. The minimum atomic E-state index is 0.145. The molecule has 0 aliphatic rings. The van der Waals surface area contributed by atoms with E-state index in [-0.39, 0.29) is 2.33 Å². The molecular weight excluding hydrogens is 341 g/mol. The monoisotopic (exact) mass is 355 g/mol. The van der Waals surface area contributed by atoms with E-state index >= 15 is 0 Å². The number of halogens is 2. The van der Waals surface area contributed by atoms with E-state index in [1.807, 2.05) is 12.2 Å². The van der Waals surface area contributed by atoms with Crippen molar-refractivity contribution in [1.29, 1.82) is 5.41 Å². The predicted molar refractivity (Wildman–Crippen MR) is 72.3 cm³/mol. The maximum atomic E-state index is 7.08. The summed E-state index contributed by atoms with van der Waals surface area (Å²) in [6.45, 7) is 4.18. The molecule has 1 N–H and O–H groups in total. The van der Waals surface area contributed by atoms with Crippen LogP contribution >= 0.6 is 38.5 Å². The molecule has 0 bridgehead atoms. The average molecular weight is 356 g/mol. The average Bonchev–Trinajstić information content (AvgIpc) is 2.03. The Morgan fingerprint density at radius 2 is 2.23 bits per heavy atom. The van der Waals surface area contributed by atoms with Crippen LogP contribution in [-0.2, 0) is 0 Å². The van der Waals surface area contributed by atoms with Gasteiger partial charge in [-0.05, 0) is 25.3 Å². The molecule has 0 aromatic rings. The van der Waals surface area contributed by atoms with E-state index in [9.17, 15) is 0 Å². The van der Waals surface area contributed by atoms with Crippen molar-refractivity contribution in [3.63, 3.8) is 0 Å². The Hall–Kier alpha value is 0.360. The number of alkyl halides is 2. The molecule has 0 aromatic heterocycles. The van der Waals surface area contributed by atoms with Gasteiger partial charge in [0.15, 0.2) is 0 Å². The summed E-state index contributed by atoms with van der Waals surface area (Å²) < 4.78 is 0.145. The van der Waals surface area contributed by atoms with Crippen LogP contribution in [0.25, 0.3) is 0 Å². The highest BCUT2D eigenvalue weighted by Crippen LogP contribution is 2.29. The van der Waals surface area contributed by atoms with Gasteiger partial charge in [0.25, 0.3) is 0 Å². The number of hydrogen-bond acceptors (Lipinski definition) is 1. The van der Waals surface area contributed by atoms with Crippen molar-refractivity contribution in [2.45, 2.75) is 29.0 Å². The second-order valence-corrected chi connectivity index (χ2v) is 8.56. The lowest BCUT2D eigenvalue weighted by molar-refractivity contribution is 0.969. The van der Waals surface area contributed by atoms with E-state index < -0.39 is 0 Å². The van der Waals surface area contributed by atoms with Crippen LogP contribution in [0.3, 0.4) is 0 Å². The number of rotatable bonds is 5. The Bertz CT molecular complexity index is 213. The lowest BCUT2D eigenvalue weighted by atomic mass is 10.2. The third-order valence-corrected chi connectivity index (χ3v) is 2.28. The van der Waals surface area contributed by atoms with E-state index in [4.69, 9.17) is 5.41 Å². The molecule has 1 nitrogen and oxygen atoms in total. The molecule has 3 heteroatoms. The molecule has 13 heavy (non-hydrogen) atoms. The van der Waals surface area contributed by atoms with E-state index in [1.54, 1.807) is 0 Å². The van der Waals surface area contributed by atoms with Gasteiger partial charge < -0.3 is 5.41 Å². The molecule has 0 rings (SSSR count). The first kappa shape index (κ1) is 13.4. The lowest BCUT2D eigenvalue weighted by Crippen LogP contribution is -2.00. The Morgan fingerprint density at radius 1 is 1.62 bits per heavy atom. The topological polar surface area (TPSA) is 23.9 Å². The number of nitrogens with one attached hydrogen (secondary N) is 1. The van der Waals surface area contributed by atoms with E-state index in [1.165, 1.54) is 6.21 Å². The molecule has 1 unspecified atom stereocenters. The van der Waals surface area contributed by atoms with Gasteiger partial charge in [0.2, 0.25) is 0 Å². The SMILES string of the molecule is CC/C(C=N)=C\C=C/CC(C)(Br)I. The van der Waals surface area contributed by atoms with Crippen molar-refractivity contribution in [2.24, 2.45) is 0 Å². The van der Waals surface area contributed by atoms with Crippen LogP contribution in [0, 0.1) is 5.41 Å². The van der Waals surface area contributed by atoms with E-state index in [0.717, 1.165) is 18.4 Å². The molecule has 74 valence electrons. The zero-order valence-electron chi connectivity index (χ0n) is 7.98. The Kier molecular flexibility index (Phi) is 6.95. The zero-order chi connectivity index (χ0) is 10.3. The summed E-state index contributed by atoms with van der Waals surface area (Å²) in [5.74, 6) is 0. The fourth-order valence-electron chi connectivity index (χ4n) is 0.735. The van der Waals surface area contributed by atoms with Gasteiger partial charge in [-0.25, -0.2) is 0 Å². The van der Waals surface area contributed by atoms with Gasteiger partial charge in [0.05, 0.1) is 2.33 Å². The highest BCUT2D eigenvalue weighted by Gasteiger charge is 2.10. The smallest absolute Gasteiger partial charge is 0.0776 e. The predicted octanol–water partition coefficient (Wildman–Crippen LogP) is 4.46. The Balaban J connectivity index is 4.00. The Labute approximate surface area is 102 Å².